The van der Waals surface area contributed by atoms with Crippen molar-refractivity contribution in [1.29, 1.82) is 0 Å². The van der Waals surface area contributed by atoms with Crippen molar-refractivity contribution in [3.05, 3.63) is 30.3 Å². The molecular formula is C15H14BrNO3. The highest BCUT2D eigenvalue weighted by atomic mass is 79.9. The van der Waals surface area contributed by atoms with Crippen molar-refractivity contribution < 1.29 is 14.3 Å². The number of esters is 1. The van der Waals surface area contributed by atoms with E-state index in [1.807, 2.05) is 30.3 Å². The van der Waals surface area contributed by atoms with E-state index in [2.05, 4.69) is 21.2 Å². The minimum Gasteiger partial charge on any atom is -0.461 e. The second-order valence-corrected chi connectivity index (χ2v) is 6.87. The predicted octanol–water partition coefficient (Wildman–Crippen LogP) is 2.20. The Hall–Kier alpha value is -1.36. The second kappa shape index (κ2) is 4.32. The molecule has 3 aliphatic rings. The molecule has 4 nitrogen and oxygen atoms in total. The van der Waals surface area contributed by atoms with Gasteiger partial charge in [0.2, 0.25) is 5.91 Å². The average molecular weight is 336 g/mol. The lowest BCUT2D eigenvalue weighted by Crippen LogP contribution is -2.40. The van der Waals surface area contributed by atoms with Crippen molar-refractivity contribution in [3.63, 3.8) is 0 Å². The summed E-state index contributed by atoms with van der Waals surface area (Å²) >= 11 is 3.61. The molecule has 20 heavy (non-hydrogen) atoms. The van der Waals surface area contributed by atoms with Gasteiger partial charge in [-0.2, -0.15) is 0 Å². The molecule has 1 N–H and O–H groups in total. The SMILES string of the molecule is O=C(Nc1ccccc1)[C@@H]1[C@H]2C[C@H]3[C@H](OC(=O)[C@H]31)[C@H]2Br. The van der Waals surface area contributed by atoms with Crippen LogP contribution in [-0.4, -0.2) is 22.8 Å². The van der Waals surface area contributed by atoms with Crippen molar-refractivity contribution in [3.8, 4) is 0 Å². The number of hydrogen-bond donors (Lipinski definition) is 1. The van der Waals surface area contributed by atoms with Gasteiger partial charge in [0.05, 0.1) is 16.7 Å². The van der Waals surface area contributed by atoms with Gasteiger partial charge in [0.15, 0.2) is 0 Å². The maximum atomic E-state index is 12.5. The Morgan fingerprint density at radius 2 is 2.00 bits per heavy atom. The van der Waals surface area contributed by atoms with Crippen LogP contribution in [0.3, 0.4) is 0 Å². The molecule has 2 aliphatic carbocycles. The van der Waals surface area contributed by atoms with E-state index in [1.54, 1.807) is 0 Å². The lowest BCUT2D eigenvalue weighted by Gasteiger charge is -2.27. The highest BCUT2D eigenvalue weighted by Gasteiger charge is 2.67. The van der Waals surface area contributed by atoms with Crippen molar-refractivity contribution in [2.24, 2.45) is 23.7 Å². The maximum absolute atomic E-state index is 12.5. The number of benzene rings is 1. The largest absolute Gasteiger partial charge is 0.461 e. The summed E-state index contributed by atoms with van der Waals surface area (Å²) in [5, 5.41) is 2.93. The van der Waals surface area contributed by atoms with E-state index in [0.717, 1.165) is 12.1 Å². The number of carbonyl (C=O) groups is 2. The van der Waals surface area contributed by atoms with Crippen LogP contribution in [-0.2, 0) is 14.3 Å². The summed E-state index contributed by atoms with van der Waals surface area (Å²) < 4.78 is 5.42. The van der Waals surface area contributed by atoms with Crippen molar-refractivity contribution in [1.82, 2.24) is 0 Å². The van der Waals surface area contributed by atoms with Crippen LogP contribution in [0, 0.1) is 23.7 Å². The molecule has 0 unspecified atom stereocenters. The molecule has 0 radical (unpaired) electrons. The number of anilines is 1. The van der Waals surface area contributed by atoms with Gasteiger partial charge in [-0.3, -0.25) is 9.59 Å². The van der Waals surface area contributed by atoms with Crippen LogP contribution in [0.1, 0.15) is 6.42 Å². The Morgan fingerprint density at radius 1 is 1.25 bits per heavy atom. The number of rotatable bonds is 2. The third-order valence-electron chi connectivity index (χ3n) is 4.87. The first-order valence-electron chi connectivity index (χ1n) is 6.87. The molecule has 5 heteroatoms. The number of hydrogen-bond acceptors (Lipinski definition) is 3. The first-order valence-corrected chi connectivity index (χ1v) is 7.79. The van der Waals surface area contributed by atoms with Gasteiger partial charge in [0, 0.05) is 11.6 Å². The smallest absolute Gasteiger partial charge is 0.310 e. The zero-order valence-electron chi connectivity index (χ0n) is 10.7. The van der Waals surface area contributed by atoms with Crippen LogP contribution in [0.4, 0.5) is 5.69 Å². The number of fused-ring (bicyclic) bond motifs is 1. The Labute approximate surface area is 125 Å². The van der Waals surface area contributed by atoms with Crippen LogP contribution in [0.5, 0.6) is 0 Å². The zero-order valence-corrected chi connectivity index (χ0v) is 12.2. The van der Waals surface area contributed by atoms with Gasteiger partial charge in [-0.15, -0.1) is 0 Å². The molecule has 1 aromatic carbocycles. The van der Waals surface area contributed by atoms with E-state index in [0.29, 0.717) is 0 Å². The molecule has 6 atom stereocenters. The van der Waals surface area contributed by atoms with Gasteiger partial charge in [-0.25, -0.2) is 0 Å². The van der Waals surface area contributed by atoms with Crippen LogP contribution < -0.4 is 5.32 Å². The van der Waals surface area contributed by atoms with Crippen molar-refractivity contribution in [2.75, 3.05) is 5.32 Å². The number of ether oxygens (including phenoxy) is 1. The molecule has 0 aromatic heterocycles. The highest BCUT2D eigenvalue weighted by molar-refractivity contribution is 9.09. The molecule has 2 bridgehead atoms. The van der Waals surface area contributed by atoms with E-state index >= 15 is 0 Å². The van der Waals surface area contributed by atoms with Crippen molar-refractivity contribution >= 4 is 33.5 Å². The Bertz CT molecular complexity index is 576. The van der Waals surface area contributed by atoms with Crippen LogP contribution >= 0.6 is 15.9 Å². The van der Waals surface area contributed by atoms with E-state index in [-0.39, 0.29) is 46.5 Å². The molecule has 104 valence electrons. The minimum atomic E-state index is -0.268. The number of para-hydroxylation sites is 1. The number of nitrogens with one attached hydrogen (secondary N) is 1. The summed E-state index contributed by atoms with van der Waals surface area (Å²) in [6.45, 7) is 0. The molecule has 2 saturated carbocycles. The van der Waals surface area contributed by atoms with Gasteiger partial charge in [0.1, 0.15) is 6.10 Å². The third kappa shape index (κ3) is 1.59. The first-order chi connectivity index (χ1) is 9.66. The number of carbonyl (C=O) groups excluding carboxylic acids is 2. The monoisotopic (exact) mass is 335 g/mol. The van der Waals surface area contributed by atoms with Gasteiger partial charge in [0.25, 0.3) is 0 Å². The van der Waals surface area contributed by atoms with Crippen LogP contribution in [0.25, 0.3) is 0 Å². The van der Waals surface area contributed by atoms with Crippen LogP contribution in [0.2, 0.25) is 0 Å². The standard InChI is InChI=1S/C15H14BrNO3/c16-12-8-6-9-11(15(19)20-13(9)12)10(8)14(18)17-7-4-2-1-3-5-7/h1-5,8-13H,6H2,(H,17,18)/t8-,9-,10-,11-,12+,13+/m1/s1. The maximum Gasteiger partial charge on any atom is 0.310 e. The number of amides is 1. The summed E-state index contributed by atoms with van der Waals surface area (Å²) in [6, 6.07) is 9.37. The summed E-state index contributed by atoms with van der Waals surface area (Å²) in [5.41, 5.74) is 0.773. The molecule has 1 aromatic rings. The molecule has 1 aliphatic heterocycles. The number of halogens is 1. The van der Waals surface area contributed by atoms with Gasteiger partial charge >= 0.3 is 5.97 Å². The summed E-state index contributed by atoms with van der Waals surface area (Å²) in [7, 11) is 0. The molecule has 3 fully saturated rings. The topological polar surface area (TPSA) is 55.4 Å². The Balaban J connectivity index is 1.60. The molecule has 1 amide bonds. The normalized spacial score (nSPS) is 40.8. The van der Waals surface area contributed by atoms with E-state index in [4.69, 9.17) is 4.74 Å². The first kappa shape index (κ1) is 12.4. The van der Waals surface area contributed by atoms with E-state index in [9.17, 15) is 9.59 Å². The Kier molecular flexibility index (Phi) is 2.67. The molecule has 1 heterocycles. The summed E-state index contributed by atoms with van der Waals surface area (Å²) in [6.07, 6.45) is 0.877. The highest BCUT2D eigenvalue weighted by Crippen LogP contribution is 2.59. The summed E-state index contributed by atoms with van der Waals surface area (Å²) in [5.74, 6) is -0.361. The molecular weight excluding hydrogens is 322 g/mol. The van der Waals surface area contributed by atoms with Crippen molar-refractivity contribution in [2.45, 2.75) is 17.4 Å². The van der Waals surface area contributed by atoms with Gasteiger partial charge < -0.3 is 10.1 Å². The lowest BCUT2D eigenvalue weighted by atomic mass is 9.79. The quantitative estimate of drug-likeness (QED) is 0.665. The fraction of sp³-hybridized carbons (Fsp3) is 0.467. The van der Waals surface area contributed by atoms with Gasteiger partial charge in [-0.05, 0) is 24.5 Å². The molecule has 0 spiro atoms. The molecule has 4 rings (SSSR count). The summed E-state index contributed by atoms with van der Waals surface area (Å²) in [4.78, 5) is 24.6. The fourth-order valence-corrected chi connectivity index (χ4v) is 5.12. The third-order valence-corrected chi connectivity index (χ3v) is 6.07. The number of alkyl halides is 1. The molecule has 1 saturated heterocycles. The average Bonchev–Trinajstić information content (AvgIpc) is 3.04. The lowest BCUT2D eigenvalue weighted by molar-refractivity contribution is -0.145. The van der Waals surface area contributed by atoms with Gasteiger partial charge in [-0.1, -0.05) is 34.1 Å². The van der Waals surface area contributed by atoms with E-state index in [1.165, 1.54) is 0 Å². The van der Waals surface area contributed by atoms with E-state index < -0.39 is 0 Å². The van der Waals surface area contributed by atoms with Crippen LogP contribution in [0.15, 0.2) is 30.3 Å². The minimum absolute atomic E-state index is 0.0294. The fourth-order valence-electron chi connectivity index (χ4n) is 4.08. The predicted molar refractivity (Wildman–Crippen MR) is 76.2 cm³/mol. The Morgan fingerprint density at radius 3 is 2.75 bits per heavy atom. The zero-order chi connectivity index (χ0) is 13.9. The second-order valence-electron chi connectivity index (χ2n) is 5.82.